The Hall–Kier alpha value is -1.70. The fraction of sp³-hybridized carbons (Fsp3) is 0.143. The summed E-state index contributed by atoms with van der Waals surface area (Å²) >= 11 is 0. The molecule has 0 saturated heterocycles. The van der Waals surface area contributed by atoms with Crippen molar-refractivity contribution in [2.45, 2.75) is 13.5 Å². The highest BCUT2D eigenvalue weighted by Gasteiger charge is 2.23. The third-order valence-electron chi connectivity index (χ3n) is 2.46. The Morgan fingerprint density at radius 2 is 1.80 bits per heavy atom. The van der Waals surface area contributed by atoms with Crippen molar-refractivity contribution in [3.8, 4) is 24.3 Å². The monoisotopic (exact) mass is 210 g/mol. The van der Waals surface area contributed by atoms with Crippen molar-refractivity contribution < 1.29 is 0 Å². The van der Waals surface area contributed by atoms with Crippen LogP contribution in [-0.4, -0.2) is 8.07 Å². The molecule has 0 fully saturated rings. The number of allylic oxidation sites excluding steroid dienone is 1. The Labute approximate surface area is 93.0 Å². The molecule has 0 aliphatic heterocycles. The van der Waals surface area contributed by atoms with Gasteiger partial charge < -0.3 is 0 Å². The van der Waals surface area contributed by atoms with E-state index in [1.165, 1.54) is 10.8 Å². The summed E-state index contributed by atoms with van der Waals surface area (Å²) in [6.45, 7) is 4.18. The fourth-order valence-electron chi connectivity index (χ4n) is 1.34. The minimum absolute atomic E-state index is 1.22. The molecule has 0 amide bonds. The molecule has 0 N–H and O–H groups in total. The van der Waals surface area contributed by atoms with Gasteiger partial charge in [0.25, 0.3) is 0 Å². The summed E-state index contributed by atoms with van der Waals surface area (Å²) in [6.07, 6.45) is 12.5. The van der Waals surface area contributed by atoms with Crippen molar-refractivity contribution in [2.75, 3.05) is 0 Å². The Balaban J connectivity index is 3.14. The highest BCUT2D eigenvalue weighted by molar-refractivity contribution is 7.01. The lowest BCUT2D eigenvalue weighted by Crippen LogP contribution is -2.41. The maximum absolute atomic E-state index is 5.61. The van der Waals surface area contributed by atoms with Crippen LogP contribution in [0.1, 0.15) is 5.56 Å². The second kappa shape index (κ2) is 4.69. The summed E-state index contributed by atoms with van der Waals surface area (Å²) in [5, 5.41) is 1.22. The molecule has 0 radical (unpaired) electrons. The Morgan fingerprint density at radius 3 is 2.27 bits per heavy atom. The number of hydrogen-bond acceptors (Lipinski definition) is 0. The predicted octanol–water partition coefficient (Wildman–Crippen LogP) is 2.18. The SMILES string of the molecule is C#CC=C[Si](C)(C#C)c1ccc(C)cc1. The second-order valence-corrected chi connectivity index (χ2v) is 7.32. The molecule has 0 nitrogen and oxygen atoms in total. The second-order valence-electron chi connectivity index (χ2n) is 3.71. The normalized spacial score (nSPS) is 14.1. The lowest BCUT2D eigenvalue weighted by molar-refractivity contribution is 1.49. The molecule has 0 heterocycles. The lowest BCUT2D eigenvalue weighted by Gasteiger charge is -2.16. The van der Waals surface area contributed by atoms with Crippen LogP contribution in [0.15, 0.2) is 36.0 Å². The Morgan fingerprint density at radius 1 is 1.20 bits per heavy atom. The third kappa shape index (κ3) is 2.62. The number of aryl methyl sites for hydroxylation is 1. The van der Waals surface area contributed by atoms with E-state index >= 15 is 0 Å². The molecule has 0 bridgehead atoms. The highest BCUT2D eigenvalue weighted by Crippen LogP contribution is 2.05. The molecule has 0 saturated carbocycles. The molecule has 0 spiro atoms. The number of benzene rings is 1. The molecular weight excluding hydrogens is 196 g/mol. The maximum Gasteiger partial charge on any atom is 0.189 e. The zero-order valence-electron chi connectivity index (χ0n) is 9.12. The van der Waals surface area contributed by atoms with Crippen LogP contribution in [0.25, 0.3) is 0 Å². The average Bonchev–Trinajstić information content (AvgIpc) is 2.27. The Kier molecular flexibility index (Phi) is 3.55. The van der Waals surface area contributed by atoms with Crippen molar-refractivity contribution in [1.82, 2.24) is 0 Å². The summed E-state index contributed by atoms with van der Waals surface area (Å²) in [6, 6.07) is 8.37. The van der Waals surface area contributed by atoms with E-state index in [9.17, 15) is 0 Å². The lowest BCUT2D eigenvalue weighted by atomic mass is 10.2. The molecule has 0 aliphatic rings. The zero-order valence-corrected chi connectivity index (χ0v) is 10.1. The van der Waals surface area contributed by atoms with Crippen molar-refractivity contribution >= 4 is 13.3 Å². The van der Waals surface area contributed by atoms with Gasteiger partial charge in [-0.05, 0) is 18.2 Å². The van der Waals surface area contributed by atoms with E-state index in [2.05, 4.69) is 49.2 Å². The van der Waals surface area contributed by atoms with Gasteiger partial charge in [0.15, 0.2) is 8.07 Å². The molecule has 0 aromatic heterocycles. The molecule has 1 heteroatoms. The van der Waals surface area contributed by atoms with Crippen LogP contribution in [0.4, 0.5) is 0 Å². The van der Waals surface area contributed by atoms with Crippen LogP contribution < -0.4 is 5.19 Å². The fourth-order valence-corrected chi connectivity index (χ4v) is 3.09. The van der Waals surface area contributed by atoms with E-state index in [1.54, 1.807) is 6.08 Å². The molecule has 74 valence electrons. The largest absolute Gasteiger partial charge is 0.189 e. The quantitative estimate of drug-likeness (QED) is 0.518. The number of hydrogen-bond donors (Lipinski definition) is 0. The average molecular weight is 210 g/mol. The van der Waals surface area contributed by atoms with Crippen LogP contribution in [0.2, 0.25) is 6.55 Å². The van der Waals surface area contributed by atoms with Crippen molar-refractivity contribution in [3.63, 3.8) is 0 Å². The first-order valence-electron chi connectivity index (χ1n) is 4.81. The summed E-state index contributed by atoms with van der Waals surface area (Å²) in [4.78, 5) is 0. The van der Waals surface area contributed by atoms with Crippen molar-refractivity contribution in [1.29, 1.82) is 0 Å². The summed E-state index contributed by atoms with van der Waals surface area (Å²) < 4.78 is 0. The molecule has 1 unspecified atom stereocenters. The van der Waals surface area contributed by atoms with E-state index in [0.717, 1.165) is 0 Å². The topological polar surface area (TPSA) is 0 Å². The van der Waals surface area contributed by atoms with Gasteiger partial charge in [0.2, 0.25) is 0 Å². The maximum atomic E-state index is 5.61. The van der Waals surface area contributed by atoms with Gasteiger partial charge in [0.05, 0.1) is 0 Å². The van der Waals surface area contributed by atoms with Gasteiger partial charge in [-0.1, -0.05) is 48.0 Å². The van der Waals surface area contributed by atoms with E-state index in [1.807, 2.05) is 5.70 Å². The molecule has 15 heavy (non-hydrogen) atoms. The summed E-state index contributed by atoms with van der Waals surface area (Å²) in [7, 11) is -1.94. The first-order valence-corrected chi connectivity index (χ1v) is 7.39. The Bertz CT molecular complexity index is 440. The van der Waals surface area contributed by atoms with Gasteiger partial charge >= 0.3 is 0 Å². The first kappa shape index (κ1) is 11.4. The summed E-state index contributed by atoms with van der Waals surface area (Å²) in [5.74, 6) is 2.50. The van der Waals surface area contributed by atoms with E-state index in [0.29, 0.717) is 0 Å². The standard InChI is InChI=1S/C14H14Si/c1-5-7-12-15(4,6-2)14-10-8-13(3)9-11-14/h1-2,7-12H,3-4H3. The third-order valence-corrected chi connectivity index (χ3v) is 5.43. The van der Waals surface area contributed by atoms with E-state index in [4.69, 9.17) is 12.8 Å². The van der Waals surface area contributed by atoms with Gasteiger partial charge in [-0.25, -0.2) is 0 Å². The molecule has 1 aromatic rings. The minimum atomic E-state index is -1.94. The molecular formula is C14H14Si. The smallest absolute Gasteiger partial charge is 0.126 e. The van der Waals surface area contributed by atoms with Crippen LogP contribution in [0.5, 0.6) is 0 Å². The van der Waals surface area contributed by atoms with E-state index < -0.39 is 8.07 Å². The van der Waals surface area contributed by atoms with Gasteiger partial charge in [0.1, 0.15) is 0 Å². The zero-order chi connectivity index (χ0) is 11.3. The van der Waals surface area contributed by atoms with Crippen LogP contribution >= 0.6 is 0 Å². The van der Waals surface area contributed by atoms with E-state index in [-0.39, 0.29) is 0 Å². The molecule has 1 atom stereocenters. The van der Waals surface area contributed by atoms with Crippen LogP contribution in [-0.2, 0) is 0 Å². The highest BCUT2D eigenvalue weighted by atomic mass is 28.3. The van der Waals surface area contributed by atoms with Crippen molar-refractivity contribution in [2.24, 2.45) is 0 Å². The first-order chi connectivity index (χ1) is 7.12. The molecule has 1 aromatic carbocycles. The van der Waals surface area contributed by atoms with Crippen molar-refractivity contribution in [3.05, 3.63) is 41.6 Å². The summed E-state index contributed by atoms with van der Waals surface area (Å²) in [5.41, 5.74) is 6.16. The van der Waals surface area contributed by atoms with Crippen LogP contribution in [0.3, 0.4) is 0 Å². The number of rotatable bonds is 2. The van der Waals surface area contributed by atoms with Gasteiger partial charge in [-0.3, -0.25) is 0 Å². The van der Waals surface area contributed by atoms with Gasteiger partial charge in [0, 0.05) is 0 Å². The number of terminal acetylenes is 2. The predicted molar refractivity (Wildman–Crippen MR) is 69.2 cm³/mol. The molecule has 0 aliphatic carbocycles. The van der Waals surface area contributed by atoms with Crippen LogP contribution in [0, 0.1) is 31.2 Å². The molecule has 1 rings (SSSR count). The van der Waals surface area contributed by atoms with Gasteiger partial charge in [-0.15, -0.1) is 18.4 Å². The van der Waals surface area contributed by atoms with Gasteiger partial charge in [-0.2, -0.15) is 0 Å². The minimum Gasteiger partial charge on any atom is -0.126 e.